The third-order valence-electron chi connectivity index (χ3n) is 1.69. The van der Waals surface area contributed by atoms with Crippen molar-refractivity contribution in [2.45, 2.75) is 6.42 Å². The third kappa shape index (κ3) is 3.00. The highest BCUT2D eigenvalue weighted by Gasteiger charge is 2.13. The molecule has 0 spiro atoms. The topological polar surface area (TPSA) is 37.3 Å². The van der Waals surface area contributed by atoms with Crippen molar-refractivity contribution in [3.8, 4) is 11.8 Å². The van der Waals surface area contributed by atoms with Crippen LogP contribution in [0.25, 0.3) is 0 Å². The minimum atomic E-state index is -1.30. The number of rotatable bonds is 2. The number of carbonyl (C=O) groups is 1. The number of benzene rings is 1. The van der Waals surface area contributed by atoms with E-state index in [-0.39, 0.29) is 11.1 Å². The molecule has 0 radical (unpaired) electrons. The molecule has 0 saturated heterocycles. The van der Waals surface area contributed by atoms with Crippen molar-refractivity contribution in [1.29, 1.82) is 0 Å². The Balaban J connectivity index is 3.13. The van der Waals surface area contributed by atoms with E-state index in [0.29, 0.717) is 12.2 Å². The quantitative estimate of drug-likeness (QED) is 0.597. The molecule has 0 aliphatic rings. The van der Waals surface area contributed by atoms with Crippen LogP contribution in [0.2, 0.25) is 0 Å². The zero-order valence-corrected chi connectivity index (χ0v) is 8.72. The summed E-state index contributed by atoms with van der Waals surface area (Å²) in [6.45, 7) is 0. The standard InChI is InChI=1S/C11H9FO2S/c12-9-6-3-5-8(4-1-2-7-15)10(9)11(13)14/h3,5-6,15H,2,7H2,(H,13,14). The molecule has 0 unspecified atom stereocenters. The molecule has 78 valence electrons. The minimum absolute atomic E-state index is 0.198. The molecular formula is C11H9FO2S. The summed E-state index contributed by atoms with van der Waals surface area (Å²) in [7, 11) is 0. The van der Waals surface area contributed by atoms with E-state index >= 15 is 0 Å². The smallest absolute Gasteiger partial charge is 0.339 e. The molecular weight excluding hydrogens is 215 g/mol. The highest BCUT2D eigenvalue weighted by atomic mass is 32.1. The first-order valence-electron chi connectivity index (χ1n) is 4.28. The maximum absolute atomic E-state index is 13.1. The largest absolute Gasteiger partial charge is 0.478 e. The zero-order valence-electron chi connectivity index (χ0n) is 7.83. The van der Waals surface area contributed by atoms with Crippen LogP contribution in [-0.4, -0.2) is 16.8 Å². The molecule has 15 heavy (non-hydrogen) atoms. The molecule has 0 atom stereocenters. The van der Waals surface area contributed by atoms with Crippen molar-refractivity contribution in [1.82, 2.24) is 0 Å². The summed E-state index contributed by atoms with van der Waals surface area (Å²) in [6.07, 6.45) is 0.540. The van der Waals surface area contributed by atoms with Crippen LogP contribution < -0.4 is 0 Å². The van der Waals surface area contributed by atoms with Crippen LogP contribution in [0.3, 0.4) is 0 Å². The second kappa shape index (κ2) is 5.42. The van der Waals surface area contributed by atoms with Gasteiger partial charge in [-0.3, -0.25) is 0 Å². The van der Waals surface area contributed by atoms with Crippen LogP contribution in [0.15, 0.2) is 18.2 Å². The molecule has 1 aromatic rings. The van der Waals surface area contributed by atoms with Gasteiger partial charge in [-0.1, -0.05) is 17.9 Å². The Labute approximate surface area is 92.5 Å². The van der Waals surface area contributed by atoms with Gasteiger partial charge in [0.1, 0.15) is 11.4 Å². The molecule has 0 heterocycles. The lowest BCUT2D eigenvalue weighted by atomic mass is 10.1. The monoisotopic (exact) mass is 224 g/mol. The predicted octanol–water partition coefficient (Wildman–Crippen LogP) is 2.20. The average Bonchev–Trinajstić information content (AvgIpc) is 2.17. The van der Waals surface area contributed by atoms with E-state index < -0.39 is 11.8 Å². The molecule has 1 rings (SSSR count). The average molecular weight is 224 g/mol. The van der Waals surface area contributed by atoms with Crippen molar-refractivity contribution in [3.05, 3.63) is 35.1 Å². The highest BCUT2D eigenvalue weighted by Crippen LogP contribution is 2.12. The summed E-state index contributed by atoms with van der Waals surface area (Å²) >= 11 is 3.96. The first-order chi connectivity index (χ1) is 7.16. The molecule has 4 heteroatoms. The Kier molecular flexibility index (Phi) is 4.19. The first-order valence-corrected chi connectivity index (χ1v) is 4.91. The van der Waals surface area contributed by atoms with Gasteiger partial charge in [0.05, 0.1) is 0 Å². The fraction of sp³-hybridized carbons (Fsp3) is 0.182. The van der Waals surface area contributed by atoms with E-state index in [9.17, 15) is 9.18 Å². The molecule has 1 N–H and O–H groups in total. The number of thiol groups is 1. The molecule has 2 nitrogen and oxygen atoms in total. The summed E-state index contributed by atoms with van der Waals surface area (Å²) in [5.74, 6) is 3.86. The lowest BCUT2D eigenvalue weighted by Gasteiger charge is -1.99. The number of hydrogen-bond donors (Lipinski definition) is 2. The van der Waals surface area contributed by atoms with E-state index in [1.54, 1.807) is 0 Å². The van der Waals surface area contributed by atoms with Crippen LogP contribution in [0.5, 0.6) is 0 Å². The maximum atomic E-state index is 13.1. The number of hydrogen-bond acceptors (Lipinski definition) is 2. The van der Waals surface area contributed by atoms with Crippen molar-refractivity contribution in [2.24, 2.45) is 0 Å². The van der Waals surface area contributed by atoms with Gasteiger partial charge in [-0.15, -0.1) is 0 Å². The first kappa shape index (κ1) is 11.6. The van der Waals surface area contributed by atoms with E-state index in [2.05, 4.69) is 24.5 Å². The van der Waals surface area contributed by atoms with Gasteiger partial charge >= 0.3 is 5.97 Å². The molecule has 0 saturated carbocycles. The lowest BCUT2D eigenvalue weighted by molar-refractivity contribution is 0.0691. The molecule has 0 amide bonds. The Morgan fingerprint density at radius 2 is 2.27 bits per heavy atom. The zero-order chi connectivity index (χ0) is 11.3. The molecule has 0 aliphatic heterocycles. The van der Waals surface area contributed by atoms with Gasteiger partial charge in [0.15, 0.2) is 0 Å². The Hall–Kier alpha value is -1.47. The summed E-state index contributed by atoms with van der Waals surface area (Å²) in [5.41, 5.74) is -0.173. The summed E-state index contributed by atoms with van der Waals surface area (Å²) in [6, 6.07) is 4.03. The Morgan fingerprint density at radius 1 is 1.53 bits per heavy atom. The van der Waals surface area contributed by atoms with E-state index in [1.165, 1.54) is 12.1 Å². The SMILES string of the molecule is O=C(O)c1c(F)cccc1C#CCCS. The highest BCUT2D eigenvalue weighted by molar-refractivity contribution is 7.80. The molecule has 0 fully saturated rings. The van der Waals surface area contributed by atoms with Crippen molar-refractivity contribution in [3.63, 3.8) is 0 Å². The van der Waals surface area contributed by atoms with E-state index in [4.69, 9.17) is 5.11 Å². The maximum Gasteiger partial charge on any atom is 0.339 e. The van der Waals surface area contributed by atoms with Crippen LogP contribution >= 0.6 is 12.6 Å². The Bertz CT molecular complexity index is 432. The second-order valence-electron chi connectivity index (χ2n) is 2.74. The van der Waals surface area contributed by atoms with Gasteiger partial charge in [-0.25, -0.2) is 9.18 Å². The molecule has 0 aromatic heterocycles. The van der Waals surface area contributed by atoms with E-state index in [1.807, 2.05) is 0 Å². The van der Waals surface area contributed by atoms with Crippen LogP contribution in [0.1, 0.15) is 22.3 Å². The van der Waals surface area contributed by atoms with Gasteiger partial charge in [0, 0.05) is 17.7 Å². The van der Waals surface area contributed by atoms with Gasteiger partial charge in [0.25, 0.3) is 0 Å². The number of aromatic carboxylic acids is 1. The molecule has 0 aliphatic carbocycles. The number of halogens is 1. The summed E-state index contributed by atoms with van der Waals surface area (Å²) < 4.78 is 13.1. The van der Waals surface area contributed by atoms with Crippen molar-refractivity contribution in [2.75, 3.05) is 5.75 Å². The fourth-order valence-electron chi connectivity index (χ4n) is 1.06. The van der Waals surface area contributed by atoms with Gasteiger partial charge in [-0.2, -0.15) is 12.6 Å². The van der Waals surface area contributed by atoms with E-state index in [0.717, 1.165) is 6.07 Å². The minimum Gasteiger partial charge on any atom is -0.478 e. The fourth-order valence-corrected chi connectivity index (χ4v) is 1.17. The van der Waals surface area contributed by atoms with Crippen LogP contribution in [0.4, 0.5) is 4.39 Å². The summed E-state index contributed by atoms with van der Waals surface area (Å²) in [4.78, 5) is 10.8. The third-order valence-corrected chi connectivity index (χ3v) is 1.91. The van der Waals surface area contributed by atoms with Crippen LogP contribution in [-0.2, 0) is 0 Å². The van der Waals surface area contributed by atoms with Crippen molar-refractivity contribution < 1.29 is 14.3 Å². The molecule has 0 bridgehead atoms. The summed E-state index contributed by atoms with van der Waals surface area (Å²) in [5, 5.41) is 8.78. The van der Waals surface area contributed by atoms with Gasteiger partial charge in [-0.05, 0) is 12.1 Å². The lowest BCUT2D eigenvalue weighted by Crippen LogP contribution is -2.03. The van der Waals surface area contributed by atoms with Gasteiger partial charge in [0.2, 0.25) is 0 Å². The van der Waals surface area contributed by atoms with Gasteiger partial charge < -0.3 is 5.11 Å². The van der Waals surface area contributed by atoms with Crippen LogP contribution in [0, 0.1) is 17.7 Å². The number of carboxylic acid groups (broad SMARTS) is 1. The van der Waals surface area contributed by atoms with Crippen molar-refractivity contribution >= 4 is 18.6 Å². The Morgan fingerprint density at radius 3 is 2.87 bits per heavy atom. The number of carboxylic acids is 1. The second-order valence-corrected chi connectivity index (χ2v) is 3.19. The normalized spacial score (nSPS) is 9.20. The molecule has 1 aromatic carbocycles. The predicted molar refractivity (Wildman–Crippen MR) is 58.7 cm³/mol.